The molecular formula is C18H27N3O3. The number of nitro benzene ring substituents is 1. The Labute approximate surface area is 143 Å². The fourth-order valence-corrected chi connectivity index (χ4v) is 3.92. The molecule has 1 aromatic carbocycles. The van der Waals surface area contributed by atoms with E-state index in [-0.39, 0.29) is 16.7 Å². The highest BCUT2D eigenvalue weighted by Crippen LogP contribution is 2.28. The van der Waals surface area contributed by atoms with Crippen molar-refractivity contribution in [3.63, 3.8) is 0 Å². The lowest BCUT2D eigenvalue weighted by molar-refractivity contribution is -0.384. The third-order valence-electron chi connectivity index (χ3n) is 5.48. The minimum Gasteiger partial charge on any atom is -0.392 e. The van der Waals surface area contributed by atoms with Crippen LogP contribution in [0.15, 0.2) is 24.3 Å². The van der Waals surface area contributed by atoms with Crippen LogP contribution in [0.1, 0.15) is 38.5 Å². The lowest BCUT2D eigenvalue weighted by Gasteiger charge is -2.34. The van der Waals surface area contributed by atoms with Crippen LogP contribution in [0.4, 0.5) is 11.4 Å². The van der Waals surface area contributed by atoms with Gasteiger partial charge in [0.1, 0.15) is 0 Å². The molecular weight excluding hydrogens is 306 g/mol. The molecule has 1 aliphatic heterocycles. The quantitative estimate of drug-likeness (QED) is 0.618. The molecule has 1 aliphatic carbocycles. The van der Waals surface area contributed by atoms with E-state index < -0.39 is 0 Å². The van der Waals surface area contributed by atoms with Crippen LogP contribution in [0.3, 0.4) is 0 Å². The van der Waals surface area contributed by atoms with Crippen molar-refractivity contribution in [2.75, 3.05) is 24.5 Å². The molecule has 1 heterocycles. The Morgan fingerprint density at radius 2 is 1.79 bits per heavy atom. The predicted molar refractivity (Wildman–Crippen MR) is 94.3 cm³/mol. The molecule has 3 rings (SSSR count). The van der Waals surface area contributed by atoms with Gasteiger partial charge in [-0.1, -0.05) is 12.8 Å². The van der Waals surface area contributed by atoms with E-state index in [9.17, 15) is 15.2 Å². The number of nitro groups is 1. The van der Waals surface area contributed by atoms with Gasteiger partial charge in [-0.15, -0.1) is 0 Å². The van der Waals surface area contributed by atoms with Gasteiger partial charge in [0.2, 0.25) is 0 Å². The van der Waals surface area contributed by atoms with Crippen molar-refractivity contribution in [2.24, 2.45) is 5.92 Å². The number of nitrogens with zero attached hydrogens (tertiary/aromatic N) is 2. The van der Waals surface area contributed by atoms with Crippen molar-refractivity contribution in [2.45, 2.75) is 50.7 Å². The average Bonchev–Trinajstić information content (AvgIpc) is 3.15. The van der Waals surface area contributed by atoms with Crippen LogP contribution in [0.5, 0.6) is 0 Å². The number of piperidine rings is 1. The Morgan fingerprint density at radius 1 is 1.17 bits per heavy atom. The molecule has 1 atom stereocenters. The first-order valence-corrected chi connectivity index (χ1v) is 9.04. The summed E-state index contributed by atoms with van der Waals surface area (Å²) in [5, 5.41) is 24.5. The van der Waals surface area contributed by atoms with Crippen LogP contribution in [0.2, 0.25) is 0 Å². The number of anilines is 1. The normalized spacial score (nSPS) is 21.1. The minimum absolute atomic E-state index is 0.135. The summed E-state index contributed by atoms with van der Waals surface area (Å²) >= 11 is 0. The molecule has 132 valence electrons. The van der Waals surface area contributed by atoms with Crippen LogP contribution >= 0.6 is 0 Å². The summed E-state index contributed by atoms with van der Waals surface area (Å²) in [5.74, 6) is 0.484. The number of benzene rings is 1. The first kappa shape index (κ1) is 17.2. The fourth-order valence-electron chi connectivity index (χ4n) is 3.92. The van der Waals surface area contributed by atoms with E-state index in [4.69, 9.17) is 0 Å². The Kier molecular flexibility index (Phi) is 5.68. The zero-order valence-corrected chi connectivity index (χ0v) is 14.1. The second-order valence-electron chi connectivity index (χ2n) is 7.05. The third-order valence-corrected chi connectivity index (χ3v) is 5.48. The smallest absolute Gasteiger partial charge is 0.269 e. The molecule has 2 aliphatic rings. The average molecular weight is 333 g/mol. The summed E-state index contributed by atoms with van der Waals surface area (Å²) in [7, 11) is 0. The van der Waals surface area contributed by atoms with Crippen LogP contribution < -0.4 is 10.2 Å². The molecule has 6 nitrogen and oxygen atoms in total. The second-order valence-corrected chi connectivity index (χ2v) is 7.05. The molecule has 0 spiro atoms. The molecule has 2 N–H and O–H groups in total. The van der Waals surface area contributed by atoms with Crippen molar-refractivity contribution in [3.05, 3.63) is 34.4 Å². The topological polar surface area (TPSA) is 78.6 Å². The van der Waals surface area contributed by atoms with Gasteiger partial charge in [0.05, 0.1) is 11.0 Å². The molecule has 1 unspecified atom stereocenters. The van der Waals surface area contributed by atoms with Gasteiger partial charge < -0.3 is 15.3 Å². The molecule has 0 aromatic heterocycles. The van der Waals surface area contributed by atoms with Crippen LogP contribution in [-0.4, -0.2) is 41.8 Å². The molecule has 24 heavy (non-hydrogen) atoms. The maximum Gasteiger partial charge on any atom is 0.269 e. The molecule has 0 bridgehead atoms. The number of aliphatic hydroxyl groups is 1. The Morgan fingerprint density at radius 3 is 2.38 bits per heavy atom. The van der Waals surface area contributed by atoms with Gasteiger partial charge in [-0.3, -0.25) is 10.1 Å². The Balaban J connectivity index is 1.42. The SMILES string of the molecule is O=[N+]([O-])c1ccc(N2CCC(NCC(O)C3CCCC3)CC2)cc1. The highest BCUT2D eigenvalue weighted by atomic mass is 16.6. The number of nitrogens with one attached hydrogen (secondary N) is 1. The largest absolute Gasteiger partial charge is 0.392 e. The van der Waals surface area contributed by atoms with Crippen molar-refractivity contribution in [1.82, 2.24) is 5.32 Å². The van der Waals surface area contributed by atoms with E-state index in [0.717, 1.165) is 31.6 Å². The summed E-state index contributed by atoms with van der Waals surface area (Å²) in [5.41, 5.74) is 1.18. The third kappa shape index (κ3) is 4.24. The number of rotatable bonds is 6. The second kappa shape index (κ2) is 7.94. The van der Waals surface area contributed by atoms with Gasteiger partial charge >= 0.3 is 0 Å². The van der Waals surface area contributed by atoms with Crippen molar-refractivity contribution >= 4 is 11.4 Å². The highest BCUT2D eigenvalue weighted by molar-refractivity contribution is 5.51. The molecule has 1 saturated carbocycles. The van der Waals surface area contributed by atoms with Crippen LogP contribution in [0.25, 0.3) is 0 Å². The number of non-ortho nitro benzene ring substituents is 1. The standard InChI is InChI=1S/C18H27N3O3/c22-18(14-3-1-2-4-14)13-19-15-9-11-20(12-10-15)16-5-7-17(8-6-16)21(23)24/h5-8,14-15,18-19,22H,1-4,9-13H2. The number of aliphatic hydroxyl groups excluding tert-OH is 1. The highest BCUT2D eigenvalue weighted by Gasteiger charge is 2.25. The van der Waals surface area contributed by atoms with Gasteiger partial charge in [0.15, 0.2) is 0 Å². The molecule has 6 heteroatoms. The van der Waals surface area contributed by atoms with E-state index in [1.54, 1.807) is 12.1 Å². The van der Waals surface area contributed by atoms with Gasteiger partial charge in [-0.05, 0) is 43.7 Å². The van der Waals surface area contributed by atoms with Crippen molar-refractivity contribution in [3.8, 4) is 0 Å². The maximum absolute atomic E-state index is 10.7. The van der Waals surface area contributed by atoms with Crippen LogP contribution in [0, 0.1) is 16.0 Å². The summed E-state index contributed by atoms with van der Waals surface area (Å²) < 4.78 is 0. The van der Waals surface area contributed by atoms with E-state index in [1.807, 2.05) is 12.1 Å². The Hall–Kier alpha value is -1.66. The minimum atomic E-state index is -0.365. The van der Waals surface area contributed by atoms with Crippen molar-refractivity contribution < 1.29 is 10.0 Å². The number of hydrogen-bond acceptors (Lipinski definition) is 5. The molecule has 0 amide bonds. The Bertz CT molecular complexity index is 535. The van der Waals surface area contributed by atoms with Gasteiger partial charge in [-0.25, -0.2) is 0 Å². The summed E-state index contributed by atoms with van der Waals surface area (Å²) in [6.07, 6.45) is 6.72. The van der Waals surface area contributed by atoms with Crippen LogP contribution in [-0.2, 0) is 0 Å². The van der Waals surface area contributed by atoms with E-state index in [1.165, 1.54) is 25.7 Å². The zero-order chi connectivity index (χ0) is 16.9. The zero-order valence-electron chi connectivity index (χ0n) is 14.1. The molecule has 1 aromatic rings. The molecule has 0 radical (unpaired) electrons. The predicted octanol–water partition coefficient (Wildman–Crippen LogP) is 2.70. The summed E-state index contributed by atoms with van der Waals surface area (Å²) in [4.78, 5) is 12.6. The first-order chi connectivity index (χ1) is 11.6. The first-order valence-electron chi connectivity index (χ1n) is 9.04. The van der Waals surface area contributed by atoms with Crippen molar-refractivity contribution in [1.29, 1.82) is 0 Å². The van der Waals surface area contributed by atoms with E-state index in [2.05, 4.69) is 10.2 Å². The van der Waals surface area contributed by atoms with Gasteiger partial charge in [0, 0.05) is 43.5 Å². The van der Waals surface area contributed by atoms with Gasteiger partial charge in [-0.2, -0.15) is 0 Å². The fraction of sp³-hybridized carbons (Fsp3) is 0.667. The lowest BCUT2D eigenvalue weighted by Crippen LogP contribution is -2.45. The van der Waals surface area contributed by atoms with E-state index in [0.29, 0.717) is 18.5 Å². The number of hydrogen-bond donors (Lipinski definition) is 2. The molecule has 1 saturated heterocycles. The summed E-state index contributed by atoms with van der Waals surface area (Å²) in [6.45, 7) is 2.58. The summed E-state index contributed by atoms with van der Waals surface area (Å²) in [6, 6.07) is 7.25. The maximum atomic E-state index is 10.7. The van der Waals surface area contributed by atoms with Gasteiger partial charge in [0.25, 0.3) is 5.69 Å². The molecule has 2 fully saturated rings. The lowest BCUT2D eigenvalue weighted by atomic mass is 9.99. The van der Waals surface area contributed by atoms with E-state index >= 15 is 0 Å². The monoisotopic (exact) mass is 333 g/mol.